The van der Waals surface area contributed by atoms with Gasteiger partial charge in [-0.15, -0.1) is 0 Å². The number of hydrogen-bond donors (Lipinski definition) is 2. The molecule has 13 heavy (non-hydrogen) atoms. The number of rotatable bonds is 2. The van der Waals surface area contributed by atoms with E-state index in [0.29, 0.717) is 0 Å². The zero-order valence-corrected chi connectivity index (χ0v) is 8.84. The van der Waals surface area contributed by atoms with Gasteiger partial charge in [-0.1, -0.05) is 13.8 Å². The van der Waals surface area contributed by atoms with E-state index in [0.717, 1.165) is 23.8 Å². The summed E-state index contributed by atoms with van der Waals surface area (Å²) in [6.07, 6.45) is 2.75. The second-order valence-corrected chi connectivity index (χ2v) is 5.06. The number of fused-ring (bicyclic) bond motifs is 1. The molecule has 2 rings (SSSR count). The van der Waals surface area contributed by atoms with Crippen molar-refractivity contribution >= 4 is 0 Å². The molecule has 2 heteroatoms. The molecule has 0 aromatic carbocycles. The largest absolute Gasteiger partial charge is 0.316 e. The summed E-state index contributed by atoms with van der Waals surface area (Å²) in [6, 6.07) is 0.812. The van der Waals surface area contributed by atoms with Gasteiger partial charge in [0.25, 0.3) is 0 Å². The van der Waals surface area contributed by atoms with E-state index in [1.165, 1.54) is 32.5 Å². The van der Waals surface area contributed by atoms with Crippen LogP contribution < -0.4 is 10.6 Å². The quantitative estimate of drug-likeness (QED) is 0.671. The van der Waals surface area contributed by atoms with Crippen LogP contribution in [0.2, 0.25) is 0 Å². The van der Waals surface area contributed by atoms with Crippen LogP contribution in [0.3, 0.4) is 0 Å². The Morgan fingerprint density at radius 1 is 1.31 bits per heavy atom. The molecule has 2 aliphatic heterocycles. The van der Waals surface area contributed by atoms with E-state index in [2.05, 4.69) is 24.5 Å². The predicted octanol–water partition coefficient (Wildman–Crippen LogP) is 1.23. The van der Waals surface area contributed by atoms with Crippen LogP contribution in [0.4, 0.5) is 0 Å². The maximum Gasteiger partial charge on any atom is 0.0102 e. The molecule has 2 heterocycles. The van der Waals surface area contributed by atoms with Gasteiger partial charge in [0.2, 0.25) is 0 Å². The summed E-state index contributed by atoms with van der Waals surface area (Å²) < 4.78 is 0. The highest BCUT2D eigenvalue weighted by molar-refractivity contribution is 4.94. The highest BCUT2D eigenvalue weighted by Crippen LogP contribution is 2.30. The Labute approximate surface area is 81.5 Å². The number of piperidine rings is 1. The molecule has 2 N–H and O–H groups in total. The zero-order valence-electron chi connectivity index (χ0n) is 8.84. The smallest absolute Gasteiger partial charge is 0.0102 e. The lowest BCUT2D eigenvalue weighted by Gasteiger charge is -2.29. The van der Waals surface area contributed by atoms with E-state index < -0.39 is 0 Å². The summed E-state index contributed by atoms with van der Waals surface area (Å²) in [6.45, 7) is 8.38. The molecule has 0 spiro atoms. The summed E-state index contributed by atoms with van der Waals surface area (Å²) in [7, 11) is 0. The Morgan fingerprint density at radius 3 is 2.92 bits per heavy atom. The lowest BCUT2D eigenvalue weighted by atomic mass is 9.82. The van der Waals surface area contributed by atoms with Crippen molar-refractivity contribution in [2.24, 2.45) is 17.8 Å². The standard InChI is InChI=1S/C11H22N2/c1-8(2)5-11-10-3-4-12-6-9(10)7-13-11/h8-13H,3-7H2,1-2H3. The van der Waals surface area contributed by atoms with Gasteiger partial charge in [-0.3, -0.25) is 0 Å². The van der Waals surface area contributed by atoms with E-state index in [-0.39, 0.29) is 0 Å². The van der Waals surface area contributed by atoms with Crippen molar-refractivity contribution in [3.8, 4) is 0 Å². The van der Waals surface area contributed by atoms with Crippen LogP contribution in [0, 0.1) is 17.8 Å². The lowest BCUT2D eigenvalue weighted by Crippen LogP contribution is -2.38. The van der Waals surface area contributed by atoms with Gasteiger partial charge in [-0.2, -0.15) is 0 Å². The van der Waals surface area contributed by atoms with Crippen LogP contribution in [-0.4, -0.2) is 25.7 Å². The molecular formula is C11H22N2. The van der Waals surface area contributed by atoms with Gasteiger partial charge in [0.15, 0.2) is 0 Å². The molecule has 0 aliphatic carbocycles. The van der Waals surface area contributed by atoms with Gasteiger partial charge in [-0.05, 0) is 50.2 Å². The summed E-state index contributed by atoms with van der Waals surface area (Å²) >= 11 is 0. The maximum absolute atomic E-state index is 3.69. The van der Waals surface area contributed by atoms with E-state index in [1.807, 2.05) is 0 Å². The number of hydrogen-bond acceptors (Lipinski definition) is 2. The van der Waals surface area contributed by atoms with Crippen molar-refractivity contribution in [2.45, 2.75) is 32.7 Å². The third-order valence-electron chi connectivity index (χ3n) is 3.55. The molecule has 2 aliphatic rings. The molecule has 2 fully saturated rings. The minimum absolute atomic E-state index is 0.812. The van der Waals surface area contributed by atoms with Gasteiger partial charge < -0.3 is 10.6 Å². The van der Waals surface area contributed by atoms with Gasteiger partial charge >= 0.3 is 0 Å². The maximum atomic E-state index is 3.69. The van der Waals surface area contributed by atoms with Gasteiger partial charge in [0.05, 0.1) is 0 Å². The van der Waals surface area contributed by atoms with Crippen molar-refractivity contribution in [2.75, 3.05) is 19.6 Å². The number of nitrogens with one attached hydrogen (secondary N) is 2. The molecular weight excluding hydrogens is 160 g/mol. The lowest BCUT2D eigenvalue weighted by molar-refractivity contribution is 0.262. The van der Waals surface area contributed by atoms with Crippen LogP contribution >= 0.6 is 0 Å². The van der Waals surface area contributed by atoms with Crippen molar-refractivity contribution in [3.05, 3.63) is 0 Å². The Kier molecular flexibility index (Phi) is 2.89. The summed E-state index contributed by atoms with van der Waals surface area (Å²) in [5, 5.41) is 7.18. The van der Waals surface area contributed by atoms with Crippen LogP contribution in [-0.2, 0) is 0 Å². The molecule has 0 bridgehead atoms. The van der Waals surface area contributed by atoms with Crippen molar-refractivity contribution in [1.82, 2.24) is 10.6 Å². The fourth-order valence-electron chi connectivity index (χ4n) is 2.92. The average Bonchev–Trinajstić information content (AvgIpc) is 2.48. The zero-order chi connectivity index (χ0) is 9.26. The highest BCUT2D eigenvalue weighted by Gasteiger charge is 2.36. The molecule has 76 valence electrons. The molecule has 3 unspecified atom stereocenters. The van der Waals surface area contributed by atoms with Crippen LogP contribution in [0.5, 0.6) is 0 Å². The Balaban J connectivity index is 1.91. The van der Waals surface area contributed by atoms with E-state index >= 15 is 0 Å². The monoisotopic (exact) mass is 182 g/mol. The van der Waals surface area contributed by atoms with Gasteiger partial charge in [0.1, 0.15) is 0 Å². The molecule has 0 aromatic rings. The SMILES string of the molecule is CC(C)CC1NCC2CNCCC21. The molecule has 3 atom stereocenters. The molecule has 2 saturated heterocycles. The average molecular weight is 182 g/mol. The van der Waals surface area contributed by atoms with Gasteiger partial charge in [-0.25, -0.2) is 0 Å². The minimum Gasteiger partial charge on any atom is -0.316 e. The van der Waals surface area contributed by atoms with Crippen LogP contribution in [0.25, 0.3) is 0 Å². The topological polar surface area (TPSA) is 24.1 Å². The molecule has 0 saturated carbocycles. The summed E-state index contributed by atoms with van der Waals surface area (Å²) in [5.74, 6) is 2.72. The van der Waals surface area contributed by atoms with E-state index in [1.54, 1.807) is 0 Å². The van der Waals surface area contributed by atoms with Crippen molar-refractivity contribution < 1.29 is 0 Å². The fourth-order valence-corrected chi connectivity index (χ4v) is 2.92. The van der Waals surface area contributed by atoms with Crippen molar-refractivity contribution in [3.63, 3.8) is 0 Å². The minimum atomic E-state index is 0.812. The third-order valence-corrected chi connectivity index (χ3v) is 3.55. The molecule has 0 radical (unpaired) electrons. The third kappa shape index (κ3) is 2.05. The first-order valence-corrected chi connectivity index (χ1v) is 5.71. The van der Waals surface area contributed by atoms with E-state index in [4.69, 9.17) is 0 Å². The second-order valence-electron chi connectivity index (χ2n) is 5.06. The predicted molar refractivity (Wildman–Crippen MR) is 55.7 cm³/mol. The fraction of sp³-hybridized carbons (Fsp3) is 1.00. The van der Waals surface area contributed by atoms with E-state index in [9.17, 15) is 0 Å². The van der Waals surface area contributed by atoms with Gasteiger partial charge in [0, 0.05) is 6.04 Å². The first-order chi connectivity index (χ1) is 6.27. The Hall–Kier alpha value is -0.0800. The summed E-state index contributed by atoms with van der Waals surface area (Å²) in [5.41, 5.74) is 0. The normalized spacial score (nSPS) is 39.5. The Morgan fingerprint density at radius 2 is 2.15 bits per heavy atom. The van der Waals surface area contributed by atoms with Crippen LogP contribution in [0.15, 0.2) is 0 Å². The van der Waals surface area contributed by atoms with Crippen molar-refractivity contribution in [1.29, 1.82) is 0 Å². The Bertz CT molecular complexity index is 167. The molecule has 0 amide bonds. The summed E-state index contributed by atoms with van der Waals surface area (Å²) in [4.78, 5) is 0. The first kappa shape index (κ1) is 9.47. The van der Waals surface area contributed by atoms with Crippen LogP contribution in [0.1, 0.15) is 26.7 Å². The first-order valence-electron chi connectivity index (χ1n) is 5.71. The highest BCUT2D eigenvalue weighted by atomic mass is 15.0. The second kappa shape index (κ2) is 3.97. The molecule has 2 nitrogen and oxygen atoms in total. The molecule has 0 aromatic heterocycles.